The number of piperidine rings is 1. The van der Waals surface area contributed by atoms with Crippen molar-refractivity contribution in [1.82, 2.24) is 4.90 Å². The Morgan fingerprint density at radius 2 is 1.78 bits per heavy atom. The summed E-state index contributed by atoms with van der Waals surface area (Å²) in [5, 5.41) is 10.3. The van der Waals surface area contributed by atoms with Crippen molar-refractivity contribution in [2.45, 2.75) is 31.8 Å². The number of rotatable bonds is 8. The number of aliphatic hydroxyl groups excluding tert-OH is 1. The summed E-state index contributed by atoms with van der Waals surface area (Å²) in [7, 11) is 1.60. The van der Waals surface area contributed by atoms with Crippen LogP contribution in [0.2, 0.25) is 0 Å². The lowest BCUT2D eigenvalue weighted by Gasteiger charge is -2.33. The van der Waals surface area contributed by atoms with Gasteiger partial charge >= 0.3 is 0 Å². The molecule has 0 bridgehead atoms. The van der Waals surface area contributed by atoms with Crippen molar-refractivity contribution in [3.05, 3.63) is 65.7 Å². The first-order valence-electron chi connectivity index (χ1n) is 9.75. The summed E-state index contributed by atoms with van der Waals surface area (Å²) in [6, 6.07) is 17.7. The smallest absolute Gasteiger partial charge is 0.165 e. The van der Waals surface area contributed by atoms with Crippen LogP contribution in [0.1, 0.15) is 35.2 Å². The topological polar surface area (TPSA) is 49.8 Å². The molecule has 0 spiro atoms. The van der Waals surface area contributed by atoms with E-state index in [2.05, 4.69) is 35.2 Å². The van der Waals surface area contributed by atoms with Crippen LogP contribution in [0.25, 0.3) is 0 Å². The van der Waals surface area contributed by atoms with Gasteiger partial charge in [0.1, 0.15) is 5.75 Å². The first-order chi connectivity index (χ1) is 13.1. The van der Waals surface area contributed by atoms with E-state index in [1.54, 1.807) is 31.4 Å². The fourth-order valence-corrected chi connectivity index (χ4v) is 3.79. The number of carbonyl (C=O) groups is 1. The van der Waals surface area contributed by atoms with Gasteiger partial charge in [0.2, 0.25) is 0 Å². The molecule has 4 nitrogen and oxygen atoms in total. The Hall–Kier alpha value is -2.17. The predicted molar refractivity (Wildman–Crippen MR) is 107 cm³/mol. The van der Waals surface area contributed by atoms with Crippen LogP contribution < -0.4 is 4.74 Å². The summed E-state index contributed by atoms with van der Waals surface area (Å²) in [6.45, 7) is 2.55. The zero-order valence-corrected chi connectivity index (χ0v) is 16.0. The molecule has 0 amide bonds. The number of methoxy groups -OCH3 is 1. The molecule has 0 radical (unpaired) electrons. The molecular weight excluding hydrogens is 338 g/mol. The molecule has 0 aromatic heterocycles. The molecule has 0 saturated carbocycles. The first-order valence-corrected chi connectivity index (χ1v) is 9.75. The van der Waals surface area contributed by atoms with Crippen molar-refractivity contribution >= 4 is 5.78 Å². The second-order valence-corrected chi connectivity index (χ2v) is 7.44. The van der Waals surface area contributed by atoms with Crippen molar-refractivity contribution in [2.75, 3.05) is 26.7 Å². The minimum absolute atomic E-state index is 0.0240. The summed E-state index contributed by atoms with van der Waals surface area (Å²) < 4.78 is 5.11. The Morgan fingerprint density at radius 3 is 2.41 bits per heavy atom. The summed E-state index contributed by atoms with van der Waals surface area (Å²) in [5.74, 6) is 1.41. The van der Waals surface area contributed by atoms with Gasteiger partial charge in [-0.15, -0.1) is 0 Å². The molecule has 2 aromatic rings. The van der Waals surface area contributed by atoms with E-state index in [-0.39, 0.29) is 12.2 Å². The fourth-order valence-electron chi connectivity index (χ4n) is 3.79. The van der Waals surface area contributed by atoms with E-state index in [4.69, 9.17) is 4.74 Å². The highest BCUT2D eigenvalue weighted by Crippen LogP contribution is 2.22. The molecule has 3 rings (SSSR count). The number of Topliss-reactive ketones (excluding diaryl/α,β-unsaturated/α-hetero) is 1. The second-order valence-electron chi connectivity index (χ2n) is 7.44. The van der Waals surface area contributed by atoms with E-state index in [0.29, 0.717) is 18.0 Å². The average Bonchev–Trinajstić information content (AvgIpc) is 2.70. The van der Waals surface area contributed by atoms with E-state index in [9.17, 15) is 9.90 Å². The highest BCUT2D eigenvalue weighted by Gasteiger charge is 2.22. The van der Waals surface area contributed by atoms with Crippen LogP contribution in [0.15, 0.2) is 54.6 Å². The van der Waals surface area contributed by atoms with Crippen LogP contribution in [0.5, 0.6) is 5.75 Å². The third kappa shape index (κ3) is 5.91. The number of likely N-dealkylation sites (tertiary alicyclic amines) is 1. The molecule has 1 fully saturated rings. The molecule has 144 valence electrons. The van der Waals surface area contributed by atoms with Gasteiger partial charge in [-0.2, -0.15) is 0 Å². The minimum atomic E-state index is -0.620. The van der Waals surface area contributed by atoms with Crippen LogP contribution in [-0.4, -0.2) is 48.6 Å². The van der Waals surface area contributed by atoms with E-state index >= 15 is 0 Å². The Kier molecular flexibility index (Phi) is 7.02. The monoisotopic (exact) mass is 367 g/mol. The minimum Gasteiger partial charge on any atom is -0.497 e. The van der Waals surface area contributed by atoms with Gasteiger partial charge in [0.25, 0.3) is 0 Å². The van der Waals surface area contributed by atoms with Gasteiger partial charge in [0.05, 0.1) is 13.2 Å². The Bertz CT molecular complexity index is 706. The number of carbonyl (C=O) groups excluding carboxylic acids is 1. The van der Waals surface area contributed by atoms with Gasteiger partial charge in [-0.1, -0.05) is 30.3 Å². The SMILES string of the molecule is COc1ccc(C(=O)CC(O)CN2CCC(Cc3ccccc3)CC2)cc1. The Morgan fingerprint density at radius 1 is 1.11 bits per heavy atom. The molecule has 4 heteroatoms. The third-order valence-electron chi connectivity index (χ3n) is 5.38. The molecule has 27 heavy (non-hydrogen) atoms. The summed E-state index contributed by atoms with van der Waals surface area (Å²) in [6.07, 6.45) is 2.97. The third-order valence-corrected chi connectivity index (χ3v) is 5.38. The molecule has 0 aliphatic carbocycles. The lowest BCUT2D eigenvalue weighted by molar-refractivity contribution is 0.0700. The van der Waals surface area contributed by atoms with E-state index < -0.39 is 6.10 Å². The first kappa shape index (κ1) is 19.6. The van der Waals surface area contributed by atoms with Crippen LogP contribution in [0.4, 0.5) is 0 Å². The quantitative estimate of drug-likeness (QED) is 0.725. The summed E-state index contributed by atoms with van der Waals surface area (Å²) in [4.78, 5) is 14.6. The number of nitrogens with zero attached hydrogens (tertiary/aromatic N) is 1. The van der Waals surface area contributed by atoms with Crippen LogP contribution in [0, 0.1) is 5.92 Å². The predicted octanol–water partition coefficient (Wildman–Crippen LogP) is 3.58. The van der Waals surface area contributed by atoms with E-state index in [1.165, 1.54) is 5.56 Å². The largest absolute Gasteiger partial charge is 0.497 e. The number of ketones is 1. The maximum Gasteiger partial charge on any atom is 0.165 e. The van der Waals surface area contributed by atoms with Crippen LogP contribution in [-0.2, 0) is 6.42 Å². The normalized spacial score (nSPS) is 16.8. The fraction of sp³-hybridized carbons (Fsp3) is 0.435. The highest BCUT2D eigenvalue weighted by atomic mass is 16.5. The van der Waals surface area contributed by atoms with E-state index in [1.807, 2.05) is 0 Å². The number of aliphatic hydroxyl groups is 1. The lowest BCUT2D eigenvalue weighted by Crippen LogP contribution is -2.39. The number of hydrogen-bond acceptors (Lipinski definition) is 4. The standard InChI is InChI=1S/C23H29NO3/c1-27-22-9-7-20(8-10-22)23(26)16-21(25)17-24-13-11-19(12-14-24)15-18-5-3-2-4-6-18/h2-10,19,21,25H,11-17H2,1H3. The van der Waals surface area contributed by atoms with Gasteiger partial charge < -0.3 is 14.7 Å². The number of ether oxygens (including phenoxy) is 1. The second kappa shape index (κ2) is 9.67. The van der Waals surface area contributed by atoms with Crippen LogP contribution in [0.3, 0.4) is 0 Å². The van der Waals surface area contributed by atoms with Crippen molar-refractivity contribution in [2.24, 2.45) is 5.92 Å². The average molecular weight is 367 g/mol. The van der Waals surface area contributed by atoms with Gasteiger partial charge in [-0.25, -0.2) is 0 Å². The highest BCUT2D eigenvalue weighted by molar-refractivity contribution is 5.96. The molecular formula is C23H29NO3. The van der Waals surface area contributed by atoms with Crippen molar-refractivity contribution in [3.63, 3.8) is 0 Å². The molecule has 1 atom stereocenters. The van der Waals surface area contributed by atoms with Gasteiger partial charge in [0.15, 0.2) is 5.78 Å². The van der Waals surface area contributed by atoms with Crippen molar-refractivity contribution in [1.29, 1.82) is 0 Å². The van der Waals surface area contributed by atoms with Gasteiger partial charge in [-0.3, -0.25) is 4.79 Å². The summed E-state index contributed by atoms with van der Waals surface area (Å²) in [5.41, 5.74) is 2.03. The number of β-amino-alcohol motifs (C(OH)–C–C–N with tert-alkyl or cyclic N) is 1. The number of benzene rings is 2. The maximum absolute atomic E-state index is 12.3. The number of hydrogen-bond donors (Lipinski definition) is 1. The maximum atomic E-state index is 12.3. The molecule has 1 N–H and O–H groups in total. The summed E-state index contributed by atoms with van der Waals surface area (Å²) >= 11 is 0. The van der Waals surface area contributed by atoms with Gasteiger partial charge in [-0.05, 0) is 68.1 Å². The molecule has 1 aliphatic heterocycles. The Balaban J connectivity index is 1.41. The lowest BCUT2D eigenvalue weighted by atomic mass is 9.90. The zero-order valence-electron chi connectivity index (χ0n) is 16.0. The molecule has 1 aliphatic rings. The Labute approximate surface area is 161 Å². The van der Waals surface area contributed by atoms with Crippen molar-refractivity contribution < 1.29 is 14.6 Å². The van der Waals surface area contributed by atoms with E-state index in [0.717, 1.165) is 38.1 Å². The zero-order chi connectivity index (χ0) is 19.1. The van der Waals surface area contributed by atoms with Crippen LogP contribution >= 0.6 is 0 Å². The molecule has 1 heterocycles. The van der Waals surface area contributed by atoms with Gasteiger partial charge in [0, 0.05) is 18.5 Å². The molecule has 1 unspecified atom stereocenters. The molecule has 1 saturated heterocycles. The van der Waals surface area contributed by atoms with Crippen molar-refractivity contribution in [3.8, 4) is 5.75 Å². The molecule has 2 aromatic carbocycles.